The fourth-order valence-electron chi connectivity index (χ4n) is 2.90. The Labute approximate surface area is 98.1 Å². The van der Waals surface area contributed by atoms with E-state index < -0.39 is 0 Å². The van der Waals surface area contributed by atoms with Crippen LogP contribution in [0.15, 0.2) is 12.5 Å². The predicted molar refractivity (Wildman–Crippen MR) is 66.3 cm³/mol. The van der Waals surface area contributed by atoms with Crippen molar-refractivity contribution in [1.29, 1.82) is 0 Å². The minimum absolute atomic E-state index is 0.167. The van der Waals surface area contributed by atoms with E-state index in [0.29, 0.717) is 5.92 Å². The number of hydrogen-bond donors (Lipinski definition) is 1. The number of hydrogen-bond acceptors (Lipinski definition) is 2. The molecule has 90 valence electrons. The Kier molecular flexibility index (Phi) is 3.33. The van der Waals surface area contributed by atoms with Crippen LogP contribution < -0.4 is 5.73 Å². The number of nitrogens with zero attached hydrogens (tertiary/aromatic N) is 2. The second-order valence-corrected chi connectivity index (χ2v) is 5.49. The second-order valence-electron chi connectivity index (χ2n) is 5.49. The molecule has 0 bridgehead atoms. The summed E-state index contributed by atoms with van der Waals surface area (Å²) in [5, 5.41) is 0. The van der Waals surface area contributed by atoms with E-state index in [2.05, 4.69) is 23.4 Å². The summed E-state index contributed by atoms with van der Waals surface area (Å²) in [4.78, 5) is 4.32. The topological polar surface area (TPSA) is 43.8 Å². The van der Waals surface area contributed by atoms with Crippen LogP contribution in [-0.2, 0) is 12.0 Å². The van der Waals surface area contributed by atoms with Gasteiger partial charge in [-0.2, -0.15) is 0 Å². The molecule has 1 aliphatic carbocycles. The Balaban J connectivity index is 2.27. The summed E-state index contributed by atoms with van der Waals surface area (Å²) >= 11 is 0. The molecule has 1 saturated carbocycles. The summed E-state index contributed by atoms with van der Waals surface area (Å²) < 4.78 is 2.36. The maximum Gasteiger partial charge on any atom is 0.0953 e. The maximum absolute atomic E-state index is 6.01. The van der Waals surface area contributed by atoms with Gasteiger partial charge in [-0.25, -0.2) is 4.98 Å². The molecule has 0 amide bonds. The van der Waals surface area contributed by atoms with Crippen LogP contribution in [0, 0.1) is 5.92 Å². The van der Waals surface area contributed by atoms with Crippen LogP contribution in [0.25, 0.3) is 0 Å². The highest BCUT2D eigenvalue weighted by Gasteiger charge is 2.35. The van der Waals surface area contributed by atoms with Crippen LogP contribution >= 0.6 is 0 Å². The molecule has 1 heterocycles. The SMILES string of the molecule is CC(C)Cc1cncn1C1(CN)CCCC1. The summed E-state index contributed by atoms with van der Waals surface area (Å²) in [6, 6.07) is 0. The van der Waals surface area contributed by atoms with E-state index in [4.69, 9.17) is 5.73 Å². The van der Waals surface area contributed by atoms with Gasteiger partial charge < -0.3 is 10.3 Å². The zero-order valence-corrected chi connectivity index (χ0v) is 10.4. The van der Waals surface area contributed by atoms with E-state index in [0.717, 1.165) is 13.0 Å². The molecule has 0 radical (unpaired) electrons. The molecule has 0 aliphatic heterocycles. The highest BCUT2D eigenvalue weighted by molar-refractivity contribution is 5.07. The van der Waals surface area contributed by atoms with Crippen molar-refractivity contribution in [3.63, 3.8) is 0 Å². The molecule has 0 unspecified atom stereocenters. The van der Waals surface area contributed by atoms with Crippen molar-refractivity contribution in [3.05, 3.63) is 18.2 Å². The van der Waals surface area contributed by atoms with Crippen molar-refractivity contribution < 1.29 is 0 Å². The molecule has 2 N–H and O–H groups in total. The fourth-order valence-corrected chi connectivity index (χ4v) is 2.90. The van der Waals surface area contributed by atoms with Crippen molar-refractivity contribution in [2.75, 3.05) is 6.54 Å². The molecule has 0 saturated heterocycles. The molecule has 3 heteroatoms. The molecule has 1 aromatic rings. The number of imidazole rings is 1. The molecule has 2 rings (SSSR count). The number of rotatable bonds is 4. The van der Waals surface area contributed by atoms with Gasteiger partial charge in [0.2, 0.25) is 0 Å². The first-order valence-corrected chi connectivity index (χ1v) is 6.40. The average molecular weight is 221 g/mol. The van der Waals surface area contributed by atoms with E-state index in [1.54, 1.807) is 0 Å². The van der Waals surface area contributed by atoms with E-state index >= 15 is 0 Å². The maximum atomic E-state index is 6.01. The van der Waals surface area contributed by atoms with Crippen molar-refractivity contribution in [3.8, 4) is 0 Å². The van der Waals surface area contributed by atoms with Gasteiger partial charge in [0.15, 0.2) is 0 Å². The first-order chi connectivity index (χ1) is 7.68. The van der Waals surface area contributed by atoms with Crippen molar-refractivity contribution in [2.24, 2.45) is 11.7 Å². The minimum atomic E-state index is 0.167. The lowest BCUT2D eigenvalue weighted by Crippen LogP contribution is -2.39. The molecule has 3 nitrogen and oxygen atoms in total. The molecule has 1 aliphatic rings. The smallest absolute Gasteiger partial charge is 0.0953 e. The molecule has 0 spiro atoms. The van der Waals surface area contributed by atoms with E-state index in [1.807, 2.05) is 12.5 Å². The lowest BCUT2D eigenvalue weighted by molar-refractivity contribution is 0.292. The van der Waals surface area contributed by atoms with Gasteiger partial charge in [-0.05, 0) is 25.2 Å². The Hall–Kier alpha value is -0.830. The van der Waals surface area contributed by atoms with Gasteiger partial charge in [-0.1, -0.05) is 26.7 Å². The van der Waals surface area contributed by atoms with Gasteiger partial charge >= 0.3 is 0 Å². The molecular weight excluding hydrogens is 198 g/mol. The standard InChI is InChI=1S/C13H23N3/c1-11(2)7-12-8-15-10-16(12)13(9-14)5-3-4-6-13/h8,10-11H,3-7,9,14H2,1-2H3. The summed E-state index contributed by atoms with van der Waals surface area (Å²) in [7, 11) is 0. The zero-order chi connectivity index (χ0) is 11.6. The lowest BCUT2D eigenvalue weighted by Gasteiger charge is -2.31. The van der Waals surface area contributed by atoms with Crippen molar-refractivity contribution >= 4 is 0 Å². The van der Waals surface area contributed by atoms with Gasteiger partial charge in [0.1, 0.15) is 0 Å². The molecule has 0 atom stereocenters. The van der Waals surface area contributed by atoms with Crippen LogP contribution in [0.4, 0.5) is 0 Å². The Morgan fingerprint density at radius 3 is 2.69 bits per heavy atom. The Bertz CT molecular complexity index is 335. The molecule has 1 aromatic heterocycles. The third-order valence-electron chi connectivity index (χ3n) is 3.76. The van der Waals surface area contributed by atoms with E-state index in [-0.39, 0.29) is 5.54 Å². The Morgan fingerprint density at radius 1 is 1.44 bits per heavy atom. The van der Waals surface area contributed by atoms with Crippen molar-refractivity contribution in [1.82, 2.24) is 9.55 Å². The van der Waals surface area contributed by atoms with E-state index in [1.165, 1.54) is 31.4 Å². The van der Waals surface area contributed by atoms with Crippen LogP contribution in [0.2, 0.25) is 0 Å². The molecule has 0 aromatic carbocycles. The minimum Gasteiger partial charge on any atom is -0.328 e. The summed E-state index contributed by atoms with van der Waals surface area (Å²) in [6.07, 6.45) is 10.1. The molecule has 16 heavy (non-hydrogen) atoms. The zero-order valence-electron chi connectivity index (χ0n) is 10.4. The van der Waals surface area contributed by atoms with Gasteiger partial charge in [-0.3, -0.25) is 0 Å². The van der Waals surface area contributed by atoms with Gasteiger partial charge in [0.05, 0.1) is 11.9 Å². The number of nitrogens with two attached hydrogens (primary N) is 1. The predicted octanol–water partition coefficient (Wildman–Crippen LogP) is 2.31. The third-order valence-corrected chi connectivity index (χ3v) is 3.76. The Morgan fingerprint density at radius 2 is 2.12 bits per heavy atom. The molecular formula is C13H23N3. The van der Waals surface area contributed by atoms with Crippen molar-refractivity contribution in [2.45, 2.75) is 51.5 Å². The first kappa shape index (κ1) is 11.6. The highest BCUT2D eigenvalue weighted by atomic mass is 15.1. The monoisotopic (exact) mass is 221 g/mol. The summed E-state index contributed by atoms with van der Waals surface area (Å²) in [5.41, 5.74) is 7.53. The van der Waals surface area contributed by atoms with Gasteiger partial charge in [0.25, 0.3) is 0 Å². The fraction of sp³-hybridized carbons (Fsp3) is 0.769. The third kappa shape index (κ3) is 2.01. The summed E-state index contributed by atoms with van der Waals surface area (Å²) in [6.45, 7) is 5.25. The quantitative estimate of drug-likeness (QED) is 0.848. The highest BCUT2D eigenvalue weighted by Crippen LogP contribution is 2.36. The first-order valence-electron chi connectivity index (χ1n) is 6.40. The lowest BCUT2D eigenvalue weighted by atomic mass is 9.96. The number of aromatic nitrogens is 2. The normalized spacial score (nSPS) is 19.5. The van der Waals surface area contributed by atoms with Crippen LogP contribution in [-0.4, -0.2) is 16.1 Å². The van der Waals surface area contributed by atoms with Crippen LogP contribution in [0.5, 0.6) is 0 Å². The van der Waals surface area contributed by atoms with Gasteiger partial charge in [-0.15, -0.1) is 0 Å². The van der Waals surface area contributed by atoms with Crippen LogP contribution in [0.1, 0.15) is 45.2 Å². The summed E-state index contributed by atoms with van der Waals surface area (Å²) in [5.74, 6) is 0.673. The average Bonchev–Trinajstić information content (AvgIpc) is 2.85. The van der Waals surface area contributed by atoms with Gasteiger partial charge in [0, 0.05) is 18.4 Å². The van der Waals surface area contributed by atoms with Crippen LogP contribution in [0.3, 0.4) is 0 Å². The second kappa shape index (κ2) is 4.58. The van der Waals surface area contributed by atoms with E-state index in [9.17, 15) is 0 Å². The largest absolute Gasteiger partial charge is 0.328 e. The molecule has 1 fully saturated rings.